The number of anilines is 1. The molecule has 1 unspecified atom stereocenters. The number of aromatic nitrogens is 1. The standard InChI is InChI=1S/C23H26FN3O6/c1-3-32-22(29)16-12-27(13-7-8-13)19-14(21(16)28)10-17(24)20(15(19)11-25-31)26-9-5-6-18(26)23(30)33-4-2/h10,12-13,18H,3-9,11H2,1-2H3. The zero-order valence-electron chi connectivity index (χ0n) is 18.6. The van der Waals surface area contributed by atoms with Crippen LogP contribution in [-0.2, 0) is 20.8 Å². The van der Waals surface area contributed by atoms with E-state index in [0.717, 1.165) is 18.9 Å². The fourth-order valence-electron chi connectivity index (χ4n) is 4.60. The van der Waals surface area contributed by atoms with E-state index in [4.69, 9.17) is 9.47 Å². The fourth-order valence-corrected chi connectivity index (χ4v) is 4.60. The van der Waals surface area contributed by atoms with E-state index < -0.39 is 29.2 Å². The zero-order valence-corrected chi connectivity index (χ0v) is 18.6. The van der Waals surface area contributed by atoms with Crippen molar-refractivity contribution in [3.8, 4) is 0 Å². The first-order valence-electron chi connectivity index (χ1n) is 11.2. The summed E-state index contributed by atoms with van der Waals surface area (Å²) in [4.78, 5) is 51.1. The van der Waals surface area contributed by atoms with Crippen LogP contribution in [0, 0.1) is 10.7 Å². The minimum atomic E-state index is -0.778. The molecular formula is C23H26FN3O6. The van der Waals surface area contributed by atoms with E-state index in [2.05, 4.69) is 5.18 Å². The molecule has 1 aliphatic heterocycles. The summed E-state index contributed by atoms with van der Waals surface area (Å²) >= 11 is 0. The van der Waals surface area contributed by atoms with E-state index in [9.17, 15) is 19.3 Å². The molecule has 0 amide bonds. The summed E-state index contributed by atoms with van der Waals surface area (Å²) in [6.07, 6.45) is 4.20. The van der Waals surface area contributed by atoms with Crippen LogP contribution in [0.1, 0.15) is 61.5 Å². The summed E-state index contributed by atoms with van der Waals surface area (Å²) in [5, 5.41) is 2.99. The topological polar surface area (TPSA) is 107 Å². The van der Waals surface area contributed by atoms with Crippen molar-refractivity contribution in [2.45, 2.75) is 58.2 Å². The molecule has 9 nitrogen and oxygen atoms in total. The predicted octanol–water partition coefficient (Wildman–Crippen LogP) is 3.45. The number of carbonyl (C=O) groups is 2. The predicted molar refractivity (Wildman–Crippen MR) is 119 cm³/mol. The van der Waals surface area contributed by atoms with Crippen molar-refractivity contribution in [2.75, 3.05) is 24.7 Å². The molecule has 2 aromatic rings. The number of fused-ring (bicyclic) bond motifs is 1. The molecule has 1 saturated heterocycles. The number of rotatable bonds is 8. The number of halogens is 1. The van der Waals surface area contributed by atoms with Crippen molar-refractivity contribution >= 4 is 28.5 Å². The van der Waals surface area contributed by atoms with Crippen LogP contribution in [0.3, 0.4) is 0 Å². The van der Waals surface area contributed by atoms with Gasteiger partial charge in [-0.3, -0.25) is 4.79 Å². The zero-order chi connectivity index (χ0) is 23.7. The third kappa shape index (κ3) is 4.09. The van der Waals surface area contributed by atoms with Gasteiger partial charge in [0.05, 0.1) is 24.4 Å². The van der Waals surface area contributed by atoms with Gasteiger partial charge in [0.2, 0.25) is 5.43 Å². The number of hydrogen-bond donors (Lipinski definition) is 0. The van der Waals surface area contributed by atoms with Gasteiger partial charge in [0.1, 0.15) is 24.0 Å². The molecule has 176 valence electrons. The molecule has 33 heavy (non-hydrogen) atoms. The number of pyridine rings is 1. The number of benzene rings is 1. The molecule has 10 heteroatoms. The molecule has 1 aliphatic carbocycles. The van der Waals surface area contributed by atoms with Crippen molar-refractivity contribution in [2.24, 2.45) is 5.18 Å². The molecule has 0 bridgehead atoms. The van der Waals surface area contributed by atoms with Crippen LogP contribution >= 0.6 is 0 Å². The van der Waals surface area contributed by atoms with Crippen molar-refractivity contribution < 1.29 is 23.5 Å². The second-order valence-corrected chi connectivity index (χ2v) is 8.20. The minimum Gasteiger partial charge on any atom is -0.464 e. The third-order valence-corrected chi connectivity index (χ3v) is 6.10. The molecule has 1 aromatic carbocycles. The van der Waals surface area contributed by atoms with E-state index in [1.54, 1.807) is 23.3 Å². The highest BCUT2D eigenvalue weighted by Gasteiger charge is 2.37. The Balaban J connectivity index is 1.98. The Hall–Kier alpha value is -3.30. The monoisotopic (exact) mass is 459 g/mol. The van der Waals surface area contributed by atoms with Gasteiger partial charge in [0.25, 0.3) is 0 Å². The van der Waals surface area contributed by atoms with E-state index in [1.807, 2.05) is 0 Å². The summed E-state index contributed by atoms with van der Waals surface area (Å²) in [5.41, 5.74) is -0.174. The number of hydrogen-bond acceptors (Lipinski definition) is 8. The fraction of sp³-hybridized carbons (Fsp3) is 0.522. The number of ether oxygens (including phenoxy) is 2. The summed E-state index contributed by atoms with van der Waals surface area (Å²) in [5.74, 6) is -1.99. The summed E-state index contributed by atoms with van der Waals surface area (Å²) in [7, 11) is 0. The van der Waals surface area contributed by atoms with Crippen molar-refractivity contribution in [1.29, 1.82) is 0 Å². The average Bonchev–Trinajstić information content (AvgIpc) is 3.51. The lowest BCUT2D eigenvalue weighted by molar-refractivity contribution is -0.144. The van der Waals surface area contributed by atoms with Crippen LogP contribution in [0.15, 0.2) is 22.2 Å². The van der Waals surface area contributed by atoms with Crippen LogP contribution in [0.25, 0.3) is 10.9 Å². The summed E-state index contributed by atoms with van der Waals surface area (Å²) in [6.45, 7) is 3.63. The quantitative estimate of drug-likeness (QED) is 0.439. The Morgan fingerprint density at radius 3 is 2.55 bits per heavy atom. The second kappa shape index (κ2) is 9.29. The number of esters is 2. The lowest BCUT2D eigenvalue weighted by atomic mass is 10.0. The van der Waals surface area contributed by atoms with Gasteiger partial charge >= 0.3 is 11.9 Å². The molecule has 2 aliphatic rings. The van der Waals surface area contributed by atoms with Crippen LogP contribution in [0.4, 0.5) is 10.1 Å². The van der Waals surface area contributed by atoms with Gasteiger partial charge in [0, 0.05) is 29.7 Å². The molecule has 1 atom stereocenters. The SMILES string of the molecule is CCOC(=O)c1cn(C2CC2)c2c(CN=O)c(N3CCCC3C(=O)OCC)c(F)cc2c1=O. The Morgan fingerprint density at radius 2 is 1.91 bits per heavy atom. The molecule has 1 aromatic heterocycles. The van der Waals surface area contributed by atoms with E-state index in [1.165, 1.54) is 6.20 Å². The van der Waals surface area contributed by atoms with Gasteiger partial charge < -0.3 is 18.9 Å². The van der Waals surface area contributed by atoms with E-state index in [0.29, 0.717) is 24.9 Å². The Kier molecular flexibility index (Phi) is 6.44. The third-order valence-electron chi connectivity index (χ3n) is 6.10. The lowest BCUT2D eigenvalue weighted by Gasteiger charge is -2.29. The van der Waals surface area contributed by atoms with Crippen molar-refractivity contribution in [3.63, 3.8) is 0 Å². The van der Waals surface area contributed by atoms with Crippen molar-refractivity contribution in [3.05, 3.63) is 44.3 Å². The van der Waals surface area contributed by atoms with Gasteiger partial charge in [-0.15, -0.1) is 0 Å². The highest BCUT2D eigenvalue weighted by Crippen LogP contribution is 2.41. The molecule has 0 radical (unpaired) electrons. The van der Waals surface area contributed by atoms with E-state index in [-0.39, 0.29) is 48.0 Å². The minimum absolute atomic E-state index is 0.00409. The first-order valence-corrected chi connectivity index (χ1v) is 11.2. The number of nitrogens with zero attached hydrogens (tertiary/aromatic N) is 3. The molecule has 1 saturated carbocycles. The number of nitroso groups, excluding NO2 is 1. The Bertz CT molecular complexity index is 1170. The van der Waals surface area contributed by atoms with E-state index >= 15 is 4.39 Å². The van der Waals surface area contributed by atoms with Crippen LogP contribution < -0.4 is 10.3 Å². The first kappa shape index (κ1) is 22.9. The maximum Gasteiger partial charge on any atom is 0.343 e. The van der Waals surface area contributed by atoms with Crippen LogP contribution in [0.2, 0.25) is 0 Å². The normalized spacial score (nSPS) is 17.9. The van der Waals surface area contributed by atoms with Crippen molar-refractivity contribution in [1.82, 2.24) is 4.57 Å². The maximum atomic E-state index is 15.6. The molecule has 0 spiro atoms. The first-order chi connectivity index (χ1) is 15.9. The Labute approximate surface area is 189 Å². The molecule has 4 rings (SSSR count). The largest absolute Gasteiger partial charge is 0.464 e. The Morgan fingerprint density at radius 1 is 1.18 bits per heavy atom. The molecular weight excluding hydrogens is 433 g/mol. The van der Waals surface area contributed by atoms with Gasteiger partial charge in [-0.25, -0.2) is 14.0 Å². The van der Waals surface area contributed by atoms with Crippen LogP contribution in [0.5, 0.6) is 0 Å². The molecule has 2 heterocycles. The maximum absolute atomic E-state index is 15.6. The highest BCUT2D eigenvalue weighted by molar-refractivity contribution is 5.96. The summed E-state index contributed by atoms with van der Waals surface area (Å²) in [6, 6.07) is 0.398. The number of carbonyl (C=O) groups excluding carboxylic acids is 2. The molecule has 2 fully saturated rings. The lowest BCUT2D eigenvalue weighted by Crippen LogP contribution is -2.38. The van der Waals surface area contributed by atoms with Gasteiger partial charge in [-0.2, -0.15) is 4.91 Å². The highest BCUT2D eigenvalue weighted by atomic mass is 19.1. The second-order valence-electron chi connectivity index (χ2n) is 8.20. The van der Waals surface area contributed by atoms with Gasteiger partial charge in [0.15, 0.2) is 0 Å². The van der Waals surface area contributed by atoms with Gasteiger partial charge in [-0.05, 0) is 45.6 Å². The average molecular weight is 459 g/mol. The molecule has 0 N–H and O–H groups in total. The summed E-state index contributed by atoms with van der Waals surface area (Å²) < 4.78 is 27.5. The van der Waals surface area contributed by atoms with Crippen LogP contribution in [-0.4, -0.2) is 42.3 Å². The smallest absolute Gasteiger partial charge is 0.343 e. The van der Waals surface area contributed by atoms with Gasteiger partial charge in [-0.1, -0.05) is 5.18 Å².